The Morgan fingerprint density at radius 2 is 0.404 bits per heavy atom. The Balaban J connectivity index is -0.000000137. The summed E-state index contributed by atoms with van der Waals surface area (Å²) in [4.78, 5) is 30.3. The van der Waals surface area contributed by atoms with Gasteiger partial charge in [-0.2, -0.15) is 0 Å². The van der Waals surface area contributed by atoms with Crippen LogP contribution in [0.5, 0.6) is 0 Å². The van der Waals surface area contributed by atoms with Crippen LogP contribution >= 0.6 is 0 Å². The average Bonchev–Trinajstić information content (AvgIpc) is 2.98. The summed E-state index contributed by atoms with van der Waals surface area (Å²) in [5.74, 6) is -2.73. The Bertz CT molecular complexity index is 566. The third-order valence-electron chi connectivity index (χ3n) is 7.95. The summed E-state index contributed by atoms with van der Waals surface area (Å²) in [7, 11) is 0. The minimum Gasteiger partial charge on any atom is -0.550 e. The molecule has 0 N–H and O–H groups in total. The van der Waals surface area contributed by atoms with Gasteiger partial charge in [-0.3, -0.25) is 0 Å². The van der Waals surface area contributed by atoms with Crippen molar-refractivity contribution in [3.63, 3.8) is 0 Å². The summed E-state index contributed by atoms with van der Waals surface area (Å²) in [5, 5.41) is 30.3. The zero-order valence-electron chi connectivity index (χ0n) is 32.6. The van der Waals surface area contributed by atoms with Gasteiger partial charge in [-0.05, 0) is 38.5 Å². The molecule has 0 aromatic heterocycles. The van der Waals surface area contributed by atoms with Gasteiger partial charge in [0.15, 0.2) is 0 Å². The van der Waals surface area contributed by atoms with Gasteiger partial charge >= 0.3 is 154 Å². The predicted octanol–water partition coefficient (Wildman–Crippen LogP) is -0.236. The molecule has 0 aromatic rings. The van der Waals surface area contributed by atoms with E-state index in [4.69, 9.17) is 0 Å². The van der Waals surface area contributed by atoms with E-state index in [9.17, 15) is 29.7 Å². The molecule has 0 aliphatic rings. The minimum atomic E-state index is -0.913. The van der Waals surface area contributed by atoms with Gasteiger partial charge in [0.05, 0.1) is 0 Å². The minimum absolute atomic E-state index is 0. The number of carbonyl (C=O) groups excluding carboxylic acids is 3. The zero-order valence-corrected chi connectivity index (χ0v) is 41.9. The van der Waals surface area contributed by atoms with E-state index in [1.165, 1.54) is 148 Å². The van der Waals surface area contributed by atoms with Gasteiger partial charge < -0.3 is 29.7 Å². The number of carboxylic acids is 3. The third kappa shape index (κ3) is 75.2. The molecular weight excluding hydrogens is 670 g/mol. The molecule has 0 unspecified atom stereocenters. The molecule has 9 heteroatoms. The van der Waals surface area contributed by atoms with E-state index in [1.807, 2.05) is 0 Å². The molecule has 0 spiro atoms. The monoisotopic (exact) mass is 742 g/mol. The molecule has 0 bridgehead atoms. The zero-order chi connectivity index (χ0) is 33.4. The average molecular weight is 743 g/mol. The van der Waals surface area contributed by atoms with Crippen LogP contribution in [0.15, 0.2) is 0 Å². The third-order valence-corrected chi connectivity index (χ3v) is 7.95. The van der Waals surface area contributed by atoms with Crippen LogP contribution in [0.3, 0.4) is 0 Å². The standard InChI is InChI=1S/C18H36O2.2C10H20O2.3K/c1-2-3-4-5-6-7-8-9-10-11-12-13-14-15-16-17-18(19)20;2*1-2-3-4-5-6-7-8-9-10(11)12;;;/h2-17H2,1H3,(H,19,20);2*2-9H2,1H3,(H,11,12);;;/q;;;3*+1/p-3. The Morgan fingerprint density at radius 3 is 0.532 bits per heavy atom. The van der Waals surface area contributed by atoms with Crippen molar-refractivity contribution >= 4 is 17.9 Å². The Kier molecular flexibility index (Phi) is 77.7. The number of carboxylic acid groups (broad SMARTS) is 3. The maximum atomic E-state index is 10.2. The van der Waals surface area contributed by atoms with Gasteiger partial charge in [0, 0.05) is 17.9 Å². The summed E-state index contributed by atoms with van der Waals surface area (Å²) in [6, 6.07) is 0. The summed E-state index contributed by atoms with van der Waals surface area (Å²) in [6.45, 7) is 6.65. The summed E-state index contributed by atoms with van der Waals surface area (Å²) < 4.78 is 0. The number of hydrogen-bond acceptors (Lipinski definition) is 6. The largest absolute Gasteiger partial charge is 1.00 e. The van der Waals surface area contributed by atoms with Crippen molar-refractivity contribution < 1.29 is 184 Å². The Hall–Kier alpha value is 3.32. The number of rotatable bonds is 32. The molecule has 0 aliphatic carbocycles. The molecule has 0 rings (SSSR count). The molecular formula is C38H73K3O6. The van der Waals surface area contributed by atoms with E-state index in [0.717, 1.165) is 38.5 Å². The van der Waals surface area contributed by atoms with Crippen LogP contribution < -0.4 is 169 Å². The number of unbranched alkanes of at least 4 members (excludes halogenated alkanes) is 26. The predicted molar refractivity (Wildman–Crippen MR) is 180 cm³/mol. The maximum absolute atomic E-state index is 10.2. The van der Waals surface area contributed by atoms with Crippen LogP contribution in [-0.2, 0) is 14.4 Å². The first kappa shape index (κ1) is 62.3. The van der Waals surface area contributed by atoms with Gasteiger partial charge in [0.2, 0.25) is 0 Å². The van der Waals surface area contributed by atoms with E-state index in [2.05, 4.69) is 20.8 Å². The van der Waals surface area contributed by atoms with Crippen LogP contribution in [0, 0.1) is 0 Å². The second kappa shape index (κ2) is 58.6. The van der Waals surface area contributed by atoms with Gasteiger partial charge in [-0.15, -0.1) is 0 Å². The van der Waals surface area contributed by atoms with E-state index < -0.39 is 17.9 Å². The molecule has 0 aliphatic heterocycles. The molecule has 0 fully saturated rings. The van der Waals surface area contributed by atoms with Crippen LogP contribution in [0.25, 0.3) is 0 Å². The van der Waals surface area contributed by atoms with Gasteiger partial charge in [-0.1, -0.05) is 188 Å². The second-order valence-corrected chi connectivity index (χ2v) is 12.6. The van der Waals surface area contributed by atoms with Crippen molar-refractivity contribution in [3.8, 4) is 0 Å². The van der Waals surface area contributed by atoms with Crippen LogP contribution in [-0.4, -0.2) is 17.9 Å². The first-order valence-electron chi connectivity index (χ1n) is 18.9. The molecule has 0 aromatic carbocycles. The second-order valence-electron chi connectivity index (χ2n) is 12.6. The van der Waals surface area contributed by atoms with E-state index in [0.29, 0.717) is 0 Å². The molecule has 0 amide bonds. The van der Waals surface area contributed by atoms with Gasteiger partial charge in [0.25, 0.3) is 0 Å². The molecule has 47 heavy (non-hydrogen) atoms. The molecule has 264 valence electrons. The fourth-order valence-corrected chi connectivity index (χ4v) is 5.09. The first-order valence-corrected chi connectivity index (χ1v) is 18.9. The molecule has 6 nitrogen and oxygen atoms in total. The quantitative estimate of drug-likeness (QED) is 0.0694. The maximum Gasteiger partial charge on any atom is 1.00 e. The van der Waals surface area contributed by atoms with Crippen molar-refractivity contribution in [2.45, 2.75) is 226 Å². The van der Waals surface area contributed by atoms with Gasteiger partial charge in [-0.25, -0.2) is 0 Å². The number of aliphatic carboxylic acids is 3. The molecule has 0 heterocycles. The topological polar surface area (TPSA) is 120 Å². The Morgan fingerprint density at radius 1 is 0.277 bits per heavy atom. The number of carbonyl (C=O) groups is 3. The van der Waals surface area contributed by atoms with Crippen LogP contribution in [0.1, 0.15) is 226 Å². The van der Waals surface area contributed by atoms with E-state index in [1.54, 1.807) is 0 Å². The summed E-state index contributed by atoms with van der Waals surface area (Å²) in [6.07, 6.45) is 36.5. The van der Waals surface area contributed by atoms with Crippen molar-refractivity contribution in [2.75, 3.05) is 0 Å². The normalized spacial score (nSPS) is 9.77. The summed E-state index contributed by atoms with van der Waals surface area (Å²) >= 11 is 0. The molecule has 0 radical (unpaired) electrons. The van der Waals surface area contributed by atoms with Crippen molar-refractivity contribution in [3.05, 3.63) is 0 Å². The van der Waals surface area contributed by atoms with Crippen LogP contribution in [0.2, 0.25) is 0 Å². The fourth-order valence-electron chi connectivity index (χ4n) is 5.09. The van der Waals surface area contributed by atoms with E-state index >= 15 is 0 Å². The van der Waals surface area contributed by atoms with Crippen molar-refractivity contribution in [1.82, 2.24) is 0 Å². The van der Waals surface area contributed by atoms with Gasteiger partial charge in [0.1, 0.15) is 0 Å². The van der Waals surface area contributed by atoms with Crippen molar-refractivity contribution in [2.24, 2.45) is 0 Å². The molecule has 0 saturated heterocycles. The number of hydrogen-bond donors (Lipinski definition) is 0. The van der Waals surface area contributed by atoms with Crippen molar-refractivity contribution in [1.29, 1.82) is 0 Å². The molecule has 0 saturated carbocycles. The van der Waals surface area contributed by atoms with E-state index in [-0.39, 0.29) is 173 Å². The first-order chi connectivity index (χ1) is 21.3. The molecule has 0 atom stereocenters. The fraction of sp³-hybridized carbons (Fsp3) is 0.921. The van der Waals surface area contributed by atoms with Crippen LogP contribution in [0.4, 0.5) is 0 Å². The Labute approximate surface area is 420 Å². The smallest absolute Gasteiger partial charge is 0.550 e. The summed E-state index contributed by atoms with van der Waals surface area (Å²) in [5.41, 5.74) is 0. The SMILES string of the molecule is CCCCCCCCCC(=O)[O-].CCCCCCCCCC(=O)[O-].CCCCCCCCCCCCCCCCCC(=O)[O-].[K+].[K+].[K+].